The minimum Gasteiger partial charge on any atom is -0.481 e. The van der Waals surface area contributed by atoms with Crippen LogP contribution in [0.5, 0.6) is 0 Å². The van der Waals surface area contributed by atoms with E-state index in [1.165, 1.54) is 0 Å². The van der Waals surface area contributed by atoms with E-state index < -0.39 is 57.6 Å². The highest BCUT2D eigenvalue weighted by molar-refractivity contribution is 7.92. The van der Waals surface area contributed by atoms with Crippen LogP contribution in [0.4, 0.5) is 13.2 Å². The van der Waals surface area contributed by atoms with Gasteiger partial charge in [-0.05, 0) is 13.8 Å². The molecule has 0 aliphatic carbocycles. The third-order valence-corrected chi connectivity index (χ3v) is 5.82. The normalized spacial score (nSPS) is 24.2. The van der Waals surface area contributed by atoms with Crippen molar-refractivity contribution in [3.8, 4) is 0 Å². The maximum Gasteiger partial charge on any atom is 0.394 e. The Morgan fingerprint density at radius 2 is 1.67 bits per heavy atom. The van der Waals surface area contributed by atoms with Crippen LogP contribution in [0.25, 0.3) is 0 Å². The predicted octanol–water partition coefficient (Wildman–Crippen LogP) is 0.531. The van der Waals surface area contributed by atoms with Gasteiger partial charge in [-0.2, -0.15) is 13.2 Å². The molecule has 0 aromatic heterocycles. The van der Waals surface area contributed by atoms with Crippen molar-refractivity contribution in [2.45, 2.75) is 24.8 Å². The molecule has 6 nitrogen and oxygen atoms in total. The topological polar surface area (TPSA) is 91.8 Å². The second-order valence-corrected chi connectivity index (χ2v) is 8.15. The van der Waals surface area contributed by atoms with E-state index >= 15 is 0 Å². The first-order chi connectivity index (χ1) is 9.19. The van der Waals surface area contributed by atoms with Crippen LogP contribution in [-0.2, 0) is 19.4 Å². The minimum absolute atomic E-state index is 0.655. The lowest BCUT2D eigenvalue weighted by Gasteiger charge is -2.27. The summed E-state index contributed by atoms with van der Waals surface area (Å²) in [7, 11) is -3.85. The molecule has 1 N–H and O–H groups in total. The molecule has 0 spiro atoms. The van der Waals surface area contributed by atoms with Crippen molar-refractivity contribution >= 4 is 21.7 Å². The van der Waals surface area contributed by atoms with Crippen molar-refractivity contribution in [3.05, 3.63) is 0 Å². The quantitative estimate of drug-likeness (QED) is 0.814. The molecule has 0 aromatic carbocycles. The molecule has 0 bridgehead atoms. The standard InChI is InChI=1S/C11H16F3NO5S/c1-10(2,21(3,19)20)9(18)15-4-6(8(16)17)7(5-15)11(12,13)14/h6-7H,4-5H2,1-3H3,(H,16,17)/t6-,7-/m1/s1. The van der Waals surface area contributed by atoms with Crippen molar-refractivity contribution < 1.29 is 36.3 Å². The first-order valence-corrected chi connectivity index (χ1v) is 7.87. The number of sulfone groups is 1. The van der Waals surface area contributed by atoms with Crippen molar-refractivity contribution in [1.82, 2.24) is 4.90 Å². The van der Waals surface area contributed by atoms with Gasteiger partial charge in [-0.3, -0.25) is 9.59 Å². The molecule has 0 aromatic rings. The van der Waals surface area contributed by atoms with Crippen LogP contribution in [0, 0.1) is 11.8 Å². The number of halogens is 3. The summed E-state index contributed by atoms with van der Waals surface area (Å²) in [5.41, 5.74) is 0. The second kappa shape index (κ2) is 5.15. The van der Waals surface area contributed by atoms with Crippen LogP contribution < -0.4 is 0 Å². The molecule has 0 unspecified atom stereocenters. The average molecular weight is 331 g/mol. The van der Waals surface area contributed by atoms with Crippen molar-refractivity contribution in [3.63, 3.8) is 0 Å². The molecule has 1 aliphatic heterocycles. The average Bonchev–Trinajstić information content (AvgIpc) is 2.70. The van der Waals surface area contributed by atoms with Gasteiger partial charge in [-0.25, -0.2) is 8.42 Å². The molecule has 0 radical (unpaired) electrons. The van der Waals surface area contributed by atoms with Gasteiger partial charge in [0.15, 0.2) is 9.84 Å². The van der Waals surface area contributed by atoms with E-state index in [2.05, 4.69) is 0 Å². The Morgan fingerprint density at radius 3 is 1.95 bits per heavy atom. The summed E-state index contributed by atoms with van der Waals surface area (Å²) in [6.45, 7) is 0.665. The highest BCUT2D eigenvalue weighted by Gasteiger charge is 2.55. The molecular weight excluding hydrogens is 315 g/mol. The molecule has 1 amide bonds. The maximum atomic E-state index is 12.8. The van der Waals surface area contributed by atoms with Crippen molar-refractivity contribution in [2.24, 2.45) is 11.8 Å². The lowest BCUT2D eigenvalue weighted by atomic mass is 9.96. The Kier molecular flexibility index (Phi) is 4.35. The SMILES string of the molecule is CC(C)(C(=O)N1C[C@@H](C(F)(F)F)[C@H](C(=O)O)C1)S(C)(=O)=O. The molecule has 1 saturated heterocycles. The lowest BCUT2D eigenvalue weighted by Crippen LogP contribution is -2.49. The summed E-state index contributed by atoms with van der Waals surface area (Å²) >= 11 is 0. The Bertz CT molecular complexity index is 555. The largest absolute Gasteiger partial charge is 0.481 e. The van der Waals surface area contributed by atoms with Crippen molar-refractivity contribution in [1.29, 1.82) is 0 Å². The van der Waals surface area contributed by atoms with E-state index in [0.29, 0.717) is 4.90 Å². The van der Waals surface area contributed by atoms with Gasteiger partial charge in [-0.1, -0.05) is 0 Å². The fourth-order valence-corrected chi connectivity index (χ4v) is 2.54. The first kappa shape index (κ1) is 17.7. The number of hydrogen-bond donors (Lipinski definition) is 1. The van der Waals surface area contributed by atoms with Crippen LogP contribution in [-0.4, -0.2) is 60.6 Å². The maximum absolute atomic E-state index is 12.8. The Hall–Kier alpha value is -1.32. The molecule has 10 heteroatoms. The highest BCUT2D eigenvalue weighted by Crippen LogP contribution is 2.38. The molecule has 0 saturated carbocycles. The zero-order valence-electron chi connectivity index (χ0n) is 11.6. The Morgan fingerprint density at radius 1 is 1.19 bits per heavy atom. The molecule has 1 fully saturated rings. The number of aliphatic carboxylic acids is 1. The van der Waals surface area contributed by atoms with E-state index in [-0.39, 0.29) is 0 Å². The van der Waals surface area contributed by atoms with Crippen LogP contribution in [0.15, 0.2) is 0 Å². The number of nitrogens with zero attached hydrogens (tertiary/aromatic N) is 1. The van der Waals surface area contributed by atoms with E-state index in [1.54, 1.807) is 0 Å². The number of rotatable bonds is 3. The van der Waals surface area contributed by atoms with Gasteiger partial charge in [0.2, 0.25) is 5.91 Å². The summed E-state index contributed by atoms with van der Waals surface area (Å²) in [6.07, 6.45) is -3.97. The van der Waals surface area contributed by atoms with E-state index in [9.17, 15) is 31.2 Å². The fraction of sp³-hybridized carbons (Fsp3) is 0.818. The van der Waals surface area contributed by atoms with Gasteiger partial charge in [0.25, 0.3) is 0 Å². The Balaban J connectivity index is 3.09. The number of carboxylic acids is 1. The fourth-order valence-electron chi connectivity index (χ4n) is 2.09. The number of likely N-dealkylation sites (tertiary alicyclic amines) is 1. The molecular formula is C11H16F3NO5S. The molecule has 1 aliphatic rings. The molecule has 21 heavy (non-hydrogen) atoms. The zero-order chi connectivity index (χ0) is 16.8. The number of alkyl halides is 3. The van der Waals surface area contributed by atoms with E-state index in [4.69, 9.17) is 5.11 Å². The third kappa shape index (κ3) is 3.30. The van der Waals surface area contributed by atoms with Gasteiger partial charge >= 0.3 is 12.1 Å². The smallest absolute Gasteiger partial charge is 0.394 e. The first-order valence-electron chi connectivity index (χ1n) is 5.98. The van der Waals surface area contributed by atoms with Crippen LogP contribution in [0.2, 0.25) is 0 Å². The number of carboxylic acid groups (broad SMARTS) is 1. The number of amides is 1. The van der Waals surface area contributed by atoms with E-state index in [0.717, 1.165) is 20.1 Å². The third-order valence-electron chi connectivity index (χ3n) is 3.79. The van der Waals surface area contributed by atoms with Crippen LogP contribution >= 0.6 is 0 Å². The molecule has 1 heterocycles. The van der Waals surface area contributed by atoms with Crippen LogP contribution in [0.1, 0.15) is 13.8 Å². The summed E-state index contributed by atoms with van der Waals surface area (Å²) in [4.78, 5) is 23.7. The molecule has 122 valence electrons. The summed E-state index contributed by atoms with van der Waals surface area (Å²) in [6, 6.07) is 0. The van der Waals surface area contributed by atoms with E-state index in [1.807, 2.05) is 0 Å². The highest BCUT2D eigenvalue weighted by atomic mass is 32.2. The van der Waals surface area contributed by atoms with Gasteiger partial charge < -0.3 is 10.0 Å². The van der Waals surface area contributed by atoms with Gasteiger partial charge in [0.1, 0.15) is 4.75 Å². The van der Waals surface area contributed by atoms with Gasteiger partial charge in [0.05, 0.1) is 11.8 Å². The second-order valence-electron chi connectivity index (χ2n) is 5.59. The van der Waals surface area contributed by atoms with Crippen molar-refractivity contribution in [2.75, 3.05) is 19.3 Å². The summed E-state index contributed by atoms with van der Waals surface area (Å²) in [5, 5.41) is 8.85. The number of hydrogen-bond acceptors (Lipinski definition) is 4. The molecule has 1 rings (SSSR count). The summed E-state index contributed by atoms with van der Waals surface area (Å²) < 4.78 is 59.7. The Labute approximate surface area is 119 Å². The van der Waals surface area contributed by atoms with Gasteiger partial charge in [-0.15, -0.1) is 0 Å². The lowest BCUT2D eigenvalue weighted by molar-refractivity contribution is -0.188. The number of carbonyl (C=O) groups excluding carboxylic acids is 1. The monoisotopic (exact) mass is 331 g/mol. The van der Waals surface area contributed by atoms with Gasteiger partial charge in [0, 0.05) is 19.3 Å². The minimum atomic E-state index is -4.77. The zero-order valence-corrected chi connectivity index (χ0v) is 12.5. The number of carbonyl (C=O) groups is 2. The predicted molar refractivity (Wildman–Crippen MR) is 66.2 cm³/mol. The summed E-state index contributed by atoms with van der Waals surface area (Å²) in [5.74, 6) is -6.67. The molecule has 2 atom stereocenters. The van der Waals surface area contributed by atoms with Crippen LogP contribution in [0.3, 0.4) is 0 Å².